The van der Waals surface area contributed by atoms with Gasteiger partial charge in [0, 0.05) is 50.2 Å². The fourth-order valence-corrected chi connectivity index (χ4v) is 4.90. The summed E-state index contributed by atoms with van der Waals surface area (Å²) in [5, 5.41) is 14.5. The Labute approximate surface area is 227 Å². The summed E-state index contributed by atoms with van der Waals surface area (Å²) < 4.78 is 17.1. The van der Waals surface area contributed by atoms with Crippen LogP contribution in [0.5, 0.6) is 17.2 Å². The number of benzene rings is 2. The number of nitriles is 1. The van der Waals surface area contributed by atoms with E-state index in [1.807, 2.05) is 12.1 Å². The minimum atomic E-state index is 0.259. The van der Waals surface area contributed by atoms with E-state index in [9.17, 15) is 5.26 Å². The predicted octanol–water partition coefficient (Wildman–Crippen LogP) is 5.58. The van der Waals surface area contributed by atoms with Crippen LogP contribution in [0.2, 0.25) is 10.0 Å². The molecule has 2 aromatic carbocycles. The zero-order valence-corrected chi connectivity index (χ0v) is 22.8. The highest BCUT2D eigenvalue weighted by Gasteiger charge is 2.17. The quantitative estimate of drug-likeness (QED) is 0.332. The molecule has 0 saturated carbocycles. The van der Waals surface area contributed by atoms with Gasteiger partial charge < -0.3 is 29.3 Å². The Balaban J connectivity index is 1.54. The van der Waals surface area contributed by atoms with E-state index < -0.39 is 0 Å². The number of nitrogens with zero attached hydrogens (tertiary/aromatic N) is 4. The number of rotatable bonds is 10. The summed E-state index contributed by atoms with van der Waals surface area (Å²) in [6.07, 6.45) is 0.905. The van der Waals surface area contributed by atoms with E-state index >= 15 is 0 Å². The number of halogens is 2. The molecule has 1 fully saturated rings. The van der Waals surface area contributed by atoms with Gasteiger partial charge in [-0.2, -0.15) is 5.26 Å². The lowest BCUT2D eigenvalue weighted by Gasteiger charge is -2.33. The smallest absolute Gasteiger partial charge is 0.163 e. The molecule has 2 heterocycles. The van der Waals surface area contributed by atoms with Gasteiger partial charge in [0.15, 0.2) is 11.5 Å². The standard InChI is InChI=1S/C27H31Cl2N5O3/c1-4-33-7-9-34(10-8-33)6-5-11-37-27-15-23-19(13-26(27)36-3)22(12-18(17-30)31-23)32-24-16-25(35-2)21(29)14-20(24)28/h12-16H,4-11H2,1-3H3,(H,31,32). The Kier molecular flexibility index (Phi) is 9.17. The Morgan fingerprint density at radius 2 is 1.65 bits per heavy atom. The molecule has 0 spiro atoms. The molecule has 8 nitrogen and oxygen atoms in total. The van der Waals surface area contributed by atoms with E-state index in [4.69, 9.17) is 37.4 Å². The molecule has 0 radical (unpaired) electrons. The number of likely N-dealkylation sites (N-methyl/N-ethyl adjacent to an activating group) is 1. The summed E-state index contributed by atoms with van der Waals surface area (Å²) in [5.74, 6) is 1.65. The largest absolute Gasteiger partial charge is 0.495 e. The van der Waals surface area contributed by atoms with Crippen LogP contribution in [-0.4, -0.2) is 74.9 Å². The SMILES string of the molecule is CCN1CCN(CCCOc2cc3nc(C#N)cc(Nc4cc(OC)c(Cl)cc4Cl)c3cc2OC)CC1. The summed E-state index contributed by atoms with van der Waals surface area (Å²) >= 11 is 12.6. The highest BCUT2D eigenvalue weighted by atomic mass is 35.5. The van der Waals surface area contributed by atoms with Crippen LogP contribution in [0.25, 0.3) is 10.9 Å². The zero-order chi connectivity index (χ0) is 26.4. The number of piperazine rings is 1. The molecule has 0 unspecified atom stereocenters. The zero-order valence-electron chi connectivity index (χ0n) is 21.3. The van der Waals surface area contributed by atoms with Gasteiger partial charge in [-0.25, -0.2) is 4.98 Å². The van der Waals surface area contributed by atoms with Crippen LogP contribution in [0.3, 0.4) is 0 Å². The molecule has 0 bridgehead atoms. The summed E-state index contributed by atoms with van der Waals surface area (Å²) in [4.78, 5) is 9.43. The van der Waals surface area contributed by atoms with Gasteiger partial charge in [0.25, 0.3) is 0 Å². The molecule has 0 atom stereocenters. The van der Waals surface area contributed by atoms with Gasteiger partial charge in [0.1, 0.15) is 17.5 Å². The Bertz CT molecular complexity index is 1290. The number of ether oxygens (including phenoxy) is 3. The van der Waals surface area contributed by atoms with Crippen LogP contribution in [0.15, 0.2) is 30.3 Å². The van der Waals surface area contributed by atoms with Gasteiger partial charge in [0.2, 0.25) is 0 Å². The van der Waals surface area contributed by atoms with E-state index in [1.165, 1.54) is 7.11 Å². The molecule has 1 aromatic heterocycles. The van der Waals surface area contributed by atoms with Crippen molar-refractivity contribution in [1.29, 1.82) is 5.26 Å². The molecule has 0 amide bonds. The Hall–Kier alpha value is -2.96. The van der Waals surface area contributed by atoms with Crippen LogP contribution in [0.1, 0.15) is 19.0 Å². The van der Waals surface area contributed by atoms with Gasteiger partial charge in [-0.3, -0.25) is 0 Å². The third-order valence-electron chi connectivity index (χ3n) is 6.51. The molecule has 4 rings (SSSR count). The molecule has 1 aliphatic heterocycles. The van der Waals surface area contributed by atoms with E-state index in [0.29, 0.717) is 50.8 Å². The van der Waals surface area contributed by atoms with Crippen LogP contribution in [0.4, 0.5) is 11.4 Å². The fourth-order valence-electron chi connectivity index (χ4n) is 4.39. The first kappa shape index (κ1) is 27.1. The van der Waals surface area contributed by atoms with Gasteiger partial charge in [0.05, 0.1) is 47.8 Å². The average Bonchev–Trinajstić information content (AvgIpc) is 2.92. The number of fused-ring (bicyclic) bond motifs is 1. The molecule has 0 aliphatic carbocycles. The van der Waals surface area contributed by atoms with Crippen molar-refractivity contribution in [2.24, 2.45) is 0 Å². The minimum Gasteiger partial charge on any atom is -0.495 e. The number of methoxy groups -OCH3 is 2. The van der Waals surface area contributed by atoms with Crippen LogP contribution in [-0.2, 0) is 0 Å². The summed E-state index contributed by atoms with van der Waals surface area (Å²) in [6.45, 7) is 9.28. The first-order valence-corrected chi connectivity index (χ1v) is 13.0. The van der Waals surface area contributed by atoms with Crippen molar-refractivity contribution < 1.29 is 14.2 Å². The number of aromatic nitrogens is 1. The van der Waals surface area contributed by atoms with Gasteiger partial charge in [-0.15, -0.1) is 0 Å². The maximum atomic E-state index is 9.59. The average molecular weight is 544 g/mol. The maximum absolute atomic E-state index is 9.59. The number of pyridine rings is 1. The fraction of sp³-hybridized carbons (Fsp3) is 0.407. The Morgan fingerprint density at radius 1 is 0.919 bits per heavy atom. The third kappa shape index (κ3) is 6.49. The molecule has 1 saturated heterocycles. The molecule has 1 aliphatic rings. The van der Waals surface area contributed by atoms with Crippen LogP contribution in [0, 0.1) is 11.3 Å². The van der Waals surface area contributed by atoms with Crippen molar-refractivity contribution in [2.75, 3.05) is 65.4 Å². The lowest BCUT2D eigenvalue weighted by molar-refractivity contribution is 0.130. The van der Waals surface area contributed by atoms with Crippen molar-refractivity contribution >= 4 is 45.5 Å². The van der Waals surface area contributed by atoms with Crippen molar-refractivity contribution in [3.8, 4) is 23.3 Å². The monoisotopic (exact) mass is 543 g/mol. The third-order valence-corrected chi connectivity index (χ3v) is 7.12. The van der Waals surface area contributed by atoms with Gasteiger partial charge in [-0.05, 0) is 31.2 Å². The highest BCUT2D eigenvalue weighted by molar-refractivity contribution is 6.37. The Morgan fingerprint density at radius 3 is 2.32 bits per heavy atom. The topological polar surface area (TPSA) is 82.9 Å². The summed E-state index contributed by atoms with van der Waals surface area (Å²) in [6, 6.07) is 10.8. The normalized spacial score (nSPS) is 14.4. The lowest BCUT2D eigenvalue weighted by atomic mass is 10.1. The molecule has 37 heavy (non-hydrogen) atoms. The van der Waals surface area contributed by atoms with E-state index in [2.05, 4.69) is 33.1 Å². The second-order valence-electron chi connectivity index (χ2n) is 8.76. The van der Waals surface area contributed by atoms with Crippen LogP contribution < -0.4 is 19.5 Å². The number of nitrogens with one attached hydrogen (secondary N) is 1. The number of hydrogen-bond acceptors (Lipinski definition) is 8. The molecule has 10 heteroatoms. The molecule has 196 valence electrons. The molecular formula is C27H31Cl2N5O3. The van der Waals surface area contributed by atoms with Crippen molar-refractivity contribution in [2.45, 2.75) is 13.3 Å². The minimum absolute atomic E-state index is 0.259. The lowest BCUT2D eigenvalue weighted by Crippen LogP contribution is -2.46. The second kappa shape index (κ2) is 12.5. The molecule has 1 N–H and O–H groups in total. The van der Waals surface area contributed by atoms with Crippen LogP contribution >= 0.6 is 23.2 Å². The molecule has 3 aromatic rings. The summed E-state index contributed by atoms with van der Waals surface area (Å²) in [7, 11) is 3.14. The first-order chi connectivity index (χ1) is 17.9. The van der Waals surface area contributed by atoms with E-state index in [0.717, 1.165) is 51.1 Å². The van der Waals surface area contributed by atoms with E-state index in [-0.39, 0.29) is 5.69 Å². The number of hydrogen-bond donors (Lipinski definition) is 1. The van der Waals surface area contributed by atoms with E-state index in [1.54, 1.807) is 25.3 Å². The van der Waals surface area contributed by atoms with Crippen molar-refractivity contribution in [3.05, 3.63) is 46.1 Å². The predicted molar refractivity (Wildman–Crippen MR) is 148 cm³/mol. The maximum Gasteiger partial charge on any atom is 0.163 e. The van der Waals surface area contributed by atoms with Crippen molar-refractivity contribution in [1.82, 2.24) is 14.8 Å². The second-order valence-corrected chi connectivity index (χ2v) is 9.57. The first-order valence-electron chi connectivity index (χ1n) is 12.3. The van der Waals surface area contributed by atoms with Gasteiger partial charge in [-0.1, -0.05) is 30.1 Å². The highest BCUT2D eigenvalue weighted by Crippen LogP contribution is 2.39. The number of anilines is 2. The summed E-state index contributed by atoms with van der Waals surface area (Å²) in [5.41, 5.74) is 2.08. The van der Waals surface area contributed by atoms with Crippen molar-refractivity contribution in [3.63, 3.8) is 0 Å². The molecular weight excluding hydrogens is 513 g/mol. The van der Waals surface area contributed by atoms with Gasteiger partial charge >= 0.3 is 0 Å².